The molecule has 0 saturated heterocycles. The van der Waals surface area contributed by atoms with E-state index in [0.717, 1.165) is 36.3 Å². The third kappa shape index (κ3) is 2.17. The average Bonchev–Trinajstić information content (AvgIpc) is 2.46. The molecule has 0 fully saturated rings. The predicted molar refractivity (Wildman–Crippen MR) is 70.4 cm³/mol. The molecule has 0 spiro atoms. The minimum absolute atomic E-state index is 0.270. The van der Waals surface area contributed by atoms with Crippen LogP contribution in [0.5, 0.6) is 5.75 Å². The van der Waals surface area contributed by atoms with Gasteiger partial charge in [0.05, 0.1) is 12.2 Å². The van der Waals surface area contributed by atoms with Gasteiger partial charge in [0.1, 0.15) is 5.75 Å². The number of hydrogen-bond acceptors (Lipinski definition) is 3. The Balaban J connectivity index is 2.10. The Hall–Kier alpha value is -2.36. The molecule has 0 unspecified atom stereocenters. The molecule has 0 amide bonds. The molecule has 1 N–H and O–H groups in total. The molecule has 96 valence electrons. The molecule has 1 aliphatic heterocycles. The number of carboxylic acids is 1. The summed E-state index contributed by atoms with van der Waals surface area (Å²) in [7, 11) is 0. The number of aryl methyl sites for hydroxylation is 1. The van der Waals surface area contributed by atoms with Crippen LogP contribution in [0.3, 0.4) is 0 Å². The van der Waals surface area contributed by atoms with Gasteiger partial charge in [-0.15, -0.1) is 0 Å². The number of benzene rings is 1. The van der Waals surface area contributed by atoms with Crippen LogP contribution in [-0.2, 0) is 6.42 Å². The summed E-state index contributed by atoms with van der Waals surface area (Å²) in [5, 5.41) is 9.21. The van der Waals surface area contributed by atoms with E-state index in [2.05, 4.69) is 4.98 Å². The Bertz CT molecular complexity index is 637. The number of nitrogens with zero attached hydrogens (tertiary/aromatic N) is 1. The molecule has 0 saturated carbocycles. The Morgan fingerprint density at radius 3 is 3.05 bits per heavy atom. The largest absolute Gasteiger partial charge is 0.493 e. The van der Waals surface area contributed by atoms with Crippen LogP contribution < -0.4 is 4.74 Å². The molecule has 0 bridgehead atoms. The lowest BCUT2D eigenvalue weighted by atomic mass is 9.97. The average molecular weight is 255 g/mol. The molecule has 1 aromatic carbocycles. The highest BCUT2D eigenvalue weighted by atomic mass is 16.5. The number of fused-ring (bicyclic) bond motifs is 1. The van der Waals surface area contributed by atoms with Crippen LogP contribution in [0.4, 0.5) is 0 Å². The second kappa shape index (κ2) is 4.72. The van der Waals surface area contributed by atoms with Crippen molar-refractivity contribution in [3.8, 4) is 16.9 Å². The molecular formula is C15H13NO3. The Kier molecular flexibility index (Phi) is 2.91. The van der Waals surface area contributed by atoms with E-state index in [0.29, 0.717) is 5.56 Å². The number of carbonyl (C=O) groups is 1. The van der Waals surface area contributed by atoms with Crippen molar-refractivity contribution in [3.05, 3.63) is 47.8 Å². The van der Waals surface area contributed by atoms with E-state index in [4.69, 9.17) is 4.74 Å². The fourth-order valence-corrected chi connectivity index (χ4v) is 2.34. The van der Waals surface area contributed by atoms with E-state index in [9.17, 15) is 9.90 Å². The van der Waals surface area contributed by atoms with Crippen molar-refractivity contribution in [2.75, 3.05) is 6.61 Å². The Morgan fingerprint density at radius 1 is 1.32 bits per heavy atom. The quantitative estimate of drug-likeness (QED) is 0.896. The van der Waals surface area contributed by atoms with Gasteiger partial charge in [-0.05, 0) is 42.2 Å². The van der Waals surface area contributed by atoms with Gasteiger partial charge in [0.25, 0.3) is 0 Å². The van der Waals surface area contributed by atoms with Gasteiger partial charge in [-0.2, -0.15) is 0 Å². The molecular weight excluding hydrogens is 242 g/mol. The van der Waals surface area contributed by atoms with E-state index < -0.39 is 5.97 Å². The van der Waals surface area contributed by atoms with Gasteiger partial charge in [-0.1, -0.05) is 6.07 Å². The first-order chi connectivity index (χ1) is 9.25. The summed E-state index contributed by atoms with van der Waals surface area (Å²) in [5.74, 6) is -0.0397. The first-order valence-electron chi connectivity index (χ1n) is 6.19. The van der Waals surface area contributed by atoms with Crippen molar-refractivity contribution in [2.45, 2.75) is 12.8 Å². The van der Waals surface area contributed by atoms with E-state index in [1.165, 1.54) is 12.3 Å². The van der Waals surface area contributed by atoms with E-state index in [-0.39, 0.29) is 5.56 Å². The van der Waals surface area contributed by atoms with Crippen LogP contribution in [-0.4, -0.2) is 22.7 Å². The van der Waals surface area contributed by atoms with Crippen molar-refractivity contribution in [1.82, 2.24) is 4.98 Å². The summed E-state index contributed by atoms with van der Waals surface area (Å²) in [6.45, 7) is 0.750. The van der Waals surface area contributed by atoms with Crippen molar-refractivity contribution in [2.24, 2.45) is 0 Å². The highest BCUT2D eigenvalue weighted by molar-refractivity contribution is 5.95. The standard InChI is InChI=1S/C15H13NO3/c17-15(18)12-5-6-16-9-13(12)10-3-4-14-11(8-10)2-1-7-19-14/h3-6,8-9H,1-2,7H2,(H,17,18). The maximum Gasteiger partial charge on any atom is 0.336 e. The maximum absolute atomic E-state index is 11.2. The van der Waals surface area contributed by atoms with Crippen LogP contribution in [0.1, 0.15) is 22.3 Å². The Labute approximate surface area is 110 Å². The monoisotopic (exact) mass is 255 g/mol. The number of rotatable bonds is 2. The Morgan fingerprint density at radius 2 is 2.21 bits per heavy atom. The fourth-order valence-electron chi connectivity index (χ4n) is 2.34. The summed E-state index contributed by atoms with van der Waals surface area (Å²) in [6.07, 6.45) is 5.05. The topological polar surface area (TPSA) is 59.4 Å². The van der Waals surface area contributed by atoms with Crippen molar-refractivity contribution in [3.63, 3.8) is 0 Å². The van der Waals surface area contributed by atoms with Gasteiger partial charge in [-0.3, -0.25) is 4.98 Å². The first kappa shape index (κ1) is 11.7. The number of carboxylic acid groups (broad SMARTS) is 1. The molecule has 0 atom stereocenters. The summed E-state index contributed by atoms with van der Waals surface area (Å²) >= 11 is 0. The molecule has 0 aliphatic carbocycles. The zero-order chi connectivity index (χ0) is 13.2. The third-order valence-corrected chi connectivity index (χ3v) is 3.27. The van der Waals surface area contributed by atoms with Crippen LogP contribution in [0.2, 0.25) is 0 Å². The number of aromatic nitrogens is 1. The highest BCUT2D eigenvalue weighted by Crippen LogP contribution is 2.31. The summed E-state index contributed by atoms with van der Waals surface area (Å²) in [5.41, 5.74) is 2.91. The molecule has 3 rings (SSSR count). The smallest absolute Gasteiger partial charge is 0.336 e. The van der Waals surface area contributed by atoms with Gasteiger partial charge in [-0.25, -0.2) is 4.79 Å². The van der Waals surface area contributed by atoms with Crippen LogP contribution in [0, 0.1) is 0 Å². The van der Waals surface area contributed by atoms with Crippen LogP contribution in [0.25, 0.3) is 11.1 Å². The third-order valence-electron chi connectivity index (χ3n) is 3.27. The zero-order valence-electron chi connectivity index (χ0n) is 10.3. The normalized spacial score (nSPS) is 13.5. The first-order valence-corrected chi connectivity index (χ1v) is 6.19. The molecule has 1 aliphatic rings. The highest BCUT2D eigenvalue weighted by Gasteiger charge is 2.15. The summed E-state index contributed by atoms with van der Waals surface area (Å²) < 4.78 is 5.56. The zero-order valence-corrected chi connectivity index (χ0v) is 10.3. The summed E-state index contributed by atoms with van der Waals surface area (Å²) in [4.78, 5) is 15.3. The minimum atomic E-state index is -0.939. The lowest BCUT2D eigenvalue weighted by molar-refractivity contribution is 0.0697. The van der Waals surface area contributed by atoms with Gasteiger partial charge < -0.3 is 9.84 Å². The van der Waals surface area contributed by atoms with Gasteiger partial charge in [0, 0.05) is 18.0 Å². The van der Waals surface area contributed by atoms with Crippen LogP contribution >= 0.6 is 0 Å². The second-order valence-corrected chi connectivity index (χ2v) is 4.50. The van der Waals surface area contributed by atoms with Crippen LogP contribution in [0.15, 0.2) is 36.7 Å². The lowest BCUT2D eigenvalue weighted by Crippen LogP contribution is -2.08. The number of pyridine rings is 1. The van der Waals surface area contributed by atoms with Gasteiger partial charge >= 0.3 is 5.97 Å². The molecule has 2 aromatic rings. The maximum atomic E-state index is 11.2. The van der Waals surface area contributed by atoms with E-state index >= 15 is 0 Å². The predicted octanol–water partition coefficient (Wildman–Crippen LogP) is 2.77. The van der Waals surface area contributed by atoms with Crippen molar-refractivity contribution < 1.29 is 14.6 Å². The molecule has 4 nitrogen and oxygen atoms in total. The summed E-state index contributed by atoms with van der Waals surface area (Å²) in [6, 6.07) is 7.31. The molecule has 1 aromatic heterocycles. The fraction of sp³-hybridized carbons (Fsp3) is 0.200. The van der Waals surface area contributed by atoms with Gasteiger partial charge in [0.15, 0.2) is 0 Å². The number of aromatic carboxylic acids is 1. The van der Waals surface area contributed by atoms with E-state index in [1.54, 1.807) is 6.20 Å². The molecule has 2 heterocycles. The SMILES string of the molecule is O=C(O)c1ccncc1-c1ccc2c(c1)CCCO2. The minimum Gasteiger partial charge on any atom is -0.493 e. The number of ether oxygens (including phenoxy) is 1. The van der Waals surface area contributed by atoms with Crippen molar-refractivity contribution >= 4 is 5.97 Å². The molecule has 19 heavy (non-hydrogen) atoms. The van der Waals surface area contributed by atoms with Crippen molar-refractivity contribution in [1.29, 1.82) is 0 Å². The number of hydrogen-bond donors (Lipinski definition) is 1. The van der Waals surface area contributed by atoms with E-state index in [1.807, 2.05) is 18.2 Å². The molecule has 4 heteroatoms. The second-order valence-electron chi connectivity index (χ2n) is 4.50. The lowest BCUT2D eigenvalue weighted by Gasteiger charge is -2.18. The molecule has 0 radical (unpaired) electrons. The van der Waals surface area contributed by atoms with Gasteiger partial charge in [0.2, 0.25) is 0 Å².